The highest BCUT2D eigenvalue weighted by atomic mass is 127. The molecule has 0 aliphatic carbocycles. The molecule has 2 aromatic rings. The standard InChI is InChI=1S/C23H29F2N3O2.HI/c1-17(30-21-9-7-20(25)8-10-21)15-27-22(26-2)28-16-23(11-13-29-14-12-23)18-3-5-19(24)6-4-18;/h3-10,17H,11-16H2,1-2H3,(H2,26,27,28);1H. The maximum atomic E-state index is 13.4. The van der Waals surface area contributed by atoms with Crippen LogP contribution >= 0.6 is 24.0 Å². The molecule has 1 aliphatic rings. The van der Waals surface area contributed by atoms with Gasteiger partial charge in [-0.3, -0.25) is 4.99 Å². The Morgan fingerprint density at radius 3 is 2.19 bits per heavy atom. The van der Waals surface area contributed by atoms with Crippen LogP contribution in [0, 0.1) is 11.6 Å². The number of nitrogens with zero attached hydrogens (tertiary/aromatic N) is 1. The molecule has 2 N–H and O–H groups in total. The van der Waals surface area contributed by atoms with Crippen molar-refractivity contribution in [2.75, 3.05) is 33.4 Å². The number of aliphatic imine (C=N–C) groups is 1. The van der Waals surface area contributed by atoms with Crippen molar-refractivity contribution in [1.82, 2.24) is 10.6 Å². The van der Waals surface area contributed by atoms with Gasteiger partial charge in [-0.25, -0.2) is 8.78 Å². The average molecular weight is 545 g/mol. The normalized spacial score (nSPS) is 16.7. The topological polar surface area (TPSA) is 54.9 Å². The van der Waals surface area contributed by atoms with Crippen molar-refractivity contribution in [3.05, 3.63) is 65.7 Å². The molecule has 1 aliphatic heterocycles. The van der Waals surface area contributed by atoms with E-state index >= 15 is 0 Å². The van der Waals surface area contributed by atoms with Crippen molar-refractivity contribution in [1.29, 1.82) is 0 Å². The summed E-state index contributed by atoms with van der Waals surface area (Å²) in [6.07, 6.45) is 1.57. The number of benzene rings is 2. The smallest absolute Gasteiger partial charge is 0.191 e. The second-order valence-electron chi connectivity index (χ2n) is 7.59. The van der Waals surface area contributed by atoms with Gasteiger partial charge in [-0.1, -0.05) is 12.1 Å². The molecule has 1 heterocycles. The zero-order valence-corrected chi connectivity index (χ0v) is 20.2. The Morgan fingerprint density at radius 1 is 1.03 bits per heavy atom. The minimum Gasteiger partial charge on any atom is -0.489 e. The summed E-state index contributed by atoms with van der Waals surface area (Å²) in [5, 5.41) is 6.67. The summed E-state index contributed by atoms with van der Waals surface area (Å²) in [5.41, 5.74) is 0.961. The number of hydrogen-bond acceptors (Lipinski definition) is 3. The number of halogens is 3. The van der Waals surface area contributed by atoms with Crippen molar-refractivity contribution < 1.29 is 18.3 Å². The van der Waals surface area contributed by atoms with Gasteiger partial charge >= 0.3 is 0 Å². The Bertz CT molecular complexity index is 826. The second-order valence-corrected chi connectivity index (χ2v) is 7.59. The van der Waals surface area contributed by atoms with E-state index in [9.17, 15) is 8.78 Å². The maximum absolute atomic E-state index is 13.4. The molecule has 8 heteroatoms. The highest BCUT2D eigenvalue weighted by Crippen LogP contribution is 2.34. The van der Waals surface area contributed by atoms with Crippen molar-refractivity contribution >= 4 is 29.9 Å². The molecule has 170 valence electrons. The maximum Gasteiger partial charge on any atom is 0.191 e. The first kappa shape index (κ1) is 25.3. The monoisotopic (exact) mass is 545 g/mol. The predicted octanol–water partition coefficient (Wildman–Crippen LogP) is 4.26. The lowest BCUT2D eigenvalue weighted by molar-refractivity contribution is 0.0513. The molecule has 1 atom stereocenters. The predicted molar refractivity (Wildman–Crippen MR) is 129 cm³/mol. The summed E-state index contributed by atoms with van der Waals surface area (Å²) in [6.45, 7) is 4.47. The van der Waals surface area contributed by atoms with Gasteiger partial charge in [-0.05, 0) is 61.7 Å². The first-order valence-electron chi connectivity index (χ1n) is 10.2. The van der Waals surface area contributed by atoms with Crippen LogP contribution in [-0.4, -0.2) is 45.4 Å². The van der Waals surface area contributed by atoms with E-state index in [1.165, 1.54) is 24.3 Å². The molecule has 1 saturated heterocycles. The molecule has 1 unspecified atom stereocenters. The number of nitrogens with one attached hydrogen (secondary N) is 2. The SMILES string of the molecule is CN=C(NCC(C)Oc1ccc(F)cc1)NCC1(c2ccc(F)cc2)CCOCC1.I. The van der Waals surface area contributed by atoms with Crippen LogP contribution in [0.3, 0.4) is 0 Å². The van der Waals surface area contributed by atoms with Crippen LogP contribution in [0.1, 0.15) is 25.3 Å². The summed E-state index contributed by atoms with van der Waals surface area (Å²) < 4.78 is 37.8. The van der Waals surface area contributed by atoms with Crippen LogP contribution < -0.4 is 15.4 Å². The third-order valence-corrected chi connectivity index (χ3v) is 5.43. The average Bonchev–Trinajstić information content (AvgIpc) is 2.76. The fourth-order valence-corrected chi connectivity index (χ4v) is 3.63. The van der Waals surface area contributed by atoms with E-state index in [4.69, 9.17) is 9.47 Å². The lowest BCUT2D eigenvalue weighted by Crippen LogP contribution is -2.49. The summed E-state index contributed by atoms with van der Waals surface area (Å²) in [6, 6.07) is 12.7. The molecule has 3 rings (SSSR count). The number of ether oxygens (including phenoxy) is 2. The van der Waals surface area contributed by atoms with Gasteiger partial charge in [0.2, 0.25) is 0 Å². The van der Waals surface area contributed by atoms with Crippen molar-refractivity contribution in [2.45, 2.75) is 31.3 Å². The molecule has 0 aromatic heterocycles. The van der Waals surface area contributed by atoms with Crippen LogP contribution in [0.5, 0.6) is 5.75 Å². The van der Waals surface area contributed by atoms with E-state index in [0.717, 1.165) is 18.4 Å². The van der Waals surface area contributed by atoms with E-state index in [-0.39, 0.29) is 47.1 Å². The minimum atomic E-state index is -0.291. The third-order valence-electron chi connectivity index (χ3n) is 5.43. The Morgan fingerprint density at radius 2 is 1.61 bits per heavy atom. The molecule has 0 amide bonds. The highest BCUT2D eigenvalue weighted by Gasteiger charge is 2.34. The summed E-state index contributed by atoms with van der Waals surface area (Å²) >= 11 is 0. The summed E-state index contributed by atoms with van der Waals surface area (Å²) in [5.74, 6) is 0.756. The fourth-order valence-electron chi connectivity index (χ4n) is 3.63. The molecule has 5 nitrogen and oxygen atoms in total. The van der Waals surface area contributed by atoms with Crippen LogP contribution in [0.2, 0.25) is 0 Å². The van der Waals surface area contributed by atoms with E-state index in [2.05, 4.69) is 15.6 Å². The molecule has 31 heavy (non-hydrogen) atoms. The molecule has 2 aromatic carbocycles. The summed E-state index contributed by atoms with van der Waals surface area (Å²) in [7, 11) is 1.72. The van der Waals surface area contributed by atoms with Crippen LogP contribution in [0.25, 0.3) is 0 Å². The quantitative estimate of drug-likeness (QED) is 0.310. The van der Waals surface area contributed by atoms with Crippen molar-refractivity contribution in [3.63, 3.8) is 0 Å². The zero-order chi connectivity index (χ0) is 21.4. The Labute approximate surface area is 199 Å². The minimum absolute atomic E-state index is 0. The van der Waals surface area contributed by atoms with Gasteiger partial charge in [0.1, 0.15) is 23.5 Å². The fraction of sp³-hybridized carbons (Fsp3) is 0.435. The zero-order valence-electron chi connectivity index (χ0n) is 17.9. The van der Waals surface area contributed by atoms with E-state index < -0.39 is 0 Å². The number of hydrogen-bond donors (Lipinski definition) is 2. The lowest BCUT2D eigenvalue weighted by atomic mass is 9.74. The second kappa shape index (κ2) is 12.2. The Hall–Kier alpha value is -1.94. The van der Waals surface area contributed by atoms with E-state index in [0.29, 0.717) is 38.0 Å². The molecule has 0 spiro atoms. The molecule has 0 radical (unpaired) electrons. The van der Waals surface area contributed by atoms with Gasteiger partial charge in [0, 0.05) is 32.2 Å². The summed E-state index contributed by atoms with van der Waals surface area (Å²) in [4.78, 5) is 4.30. The van der Waals surface area contributed by atoms with Gasteiger partial charge < -0.3 is 20.1 Å². The molecular weight excluding hydrogens is 515 g/mol. The third kappa shape index (κ3) is 7.31. The van der Waals surface area contributed by atoms with E-state index in [1.54, 1.807) is 19.2 Å². The van der Waals surface area contributed by atoms with Gasteiger partial charge in [-0.2, -0.15) is 0 Å². The van der Waals surface area contributed by atoms with Crippen LogP contribution in [-0.2, 0) is 10.2 Å². The molecule has 0 saturated carbocycles. The molecule has 1 fully saturated rings. The lowest BCUT2D eigenvalue weighted by Gasteiger charge is -2.38. The molecule has 0 bridgehead atoms. The number of guanidine groups is 1. The van der Waals surface area contributed by atoms with Crippen molar-refractivity contribution in [3.8, 4) is 5.75 Å². The van der Waals surface area contributed by atoms with Gasteiger partial charge in [-0.15, -0.1) is 24.0 Å². The van der Waals surface area contributed by atoms with Crippen LogP contribution in [0.4, 0.5) is 8.78 Å². The van der Waals surface area contributed by atoms with E-state index in [1.807, 2.05) is 19.1 Å². The number of rotatable bonds is 7. The highest BCUT2D eigenvalue weighted by molar-refractivity contribution is 14.0. The Balaban J connectivity index is 0.00000341. The van der Waals surface area contributed by atoms with Crippen LogP contribution in [0.15, 0.2) is 53.5 Å². The Kier molecular flexibility index (Phi) is 9.95. The largest absolute Gasteiger partial charge is 0.489 e. The van der Waals surface area contributed by atoms with Gasteiger partial charge in [0.25, 0.3) is 0 Å². The van der Waals surface area contributed by atoms with Gasteiger partial charge in [0.15, 0.2) is 5.96 Å². The first-order chi connectivity index (χ1) is 14.5. The molecular formula is C23H30F2IN3O2. The first-order valence-corrected chi connectivity index (χ1v) is 10.2. The van der Waals surface area contributed by atoms with Gasteiger partial charge in [0.05, 0.1) is 6.54 Å². The van der Waals surface area contributed by atoms with Crippen molar-refractivity contribution in [2.24, 2.45) is 4.99 Å².